The largest absolute Gasteiger partial charge is 0.291 e. The lowest BCUT2D eigenvalue weighted by atomic mass is 10.1. The number of alkyl halides is 1. The third-order valence-corrected chi connectivity index (χ3v) is 4.97. The summed E-state index contributed by atoms with van der Waals surface area (Å²) in [6, 6.07) is 5.92. The molecule has 3 nitrogen and oxygen atoms in total. The molecule has 0 spiro atoms. The summed E-state index contributed by atoms with van der Waals surface area (Å²) in [6.45, 7) is 1.44. The zero-order chi connectivity index (χ0) is 12.3. The van der Waals surface area contributed by atoms with Crippen molar-refractivity contribution in [2.75, 3.05) is 5.75 Å². The van der Waals surface area contributed by atoms with Gasteiger partial charge in [-0.1, -0.05) is 30.1 Å². The minimum atomic E-state index is -3.57. The number of benzene rings is 1. The van der Waals surface area contributed by atoms with Crippen LogP contribution in [0.25, 0.3) is 0 Å². The Labute approximate surface area is 104 Å². The molecular weight excluding hydrogens is 271 g/mol. The molecule has 0 aliphatic carbocycles. The maximum atomic E-state index is 11.7. The highest BCUT2D eigenvalue weighted by molar-refractivity contribution is 7.94. The maximum Gasteiger partial charge on any atom is 0.197 e. The topological polar surface area (TPSA) is 51.2 Å². The van der Waals surface area contributed by atoms with Gasteiger partial charge in [-0.3, -0.25) is 4.79 Å². The molecule has 0 N–H and O–H groups in total. The Bertz CT molecular complexity index is 479. The molecule has 0 amide bonds. The molecule has 1 aromatic carbocycles. The lowest BCUT2D eigenvalue weighted by Gasteiger charge is -2.08. The number of halogens is 2. The zero-order valence-electron chi connectivity index (χ0n) is 8.48. The first-order valence-corrected chi connectivity index (χ1v) is 7.07. The van der Waals surface area contributed by atoms with E-state index >= 15 is 0 Å². The van der Waals surface area contributed by atoms with Crippen molar-refractivity contribution in [2.24, 2.45) is 0 Å². The predicted molar refractivity (Wildman–Crippen MR) is 64.9 cm³/mol. The first-order valence-electron chi connectivity index (χ1n) is 4.54. The van der Waals surface area contributed by atoms with Gasteiger partial charge in [0.2, 0.25) is 0 Å². The summed E-state index contributed by atoms with van der Waals surface area (Å²) < 4.78 is 21.3. The summed E-state index contributed by atoms with van der Waals surface area (Å²) in [5, 5.41) is 0.473. The van der Waals surface area contributed by atoms with E-state index in [1.54, 1.807) is 0 Å². The van der Waals surface area contributed by atoms with E-state index in [2.05, 4.69) is 0 Å². The lowest BCUT2D eigenvalue weighted by molar-refractivity contribution is 0.101. The average molecular weight is 281 g/mol. The van der Waals surface area contributed by atoms with E-state index in [4.69, 9.17) is 23.2 Å². The van der Waals surface area contributed by atoms with Crippen LogP contribution in [-0.4, -0.2) is 24.7 Å². The average Bonchev–Trinajstić information content (AvgIpc) is 2.28. The third kappa shape index (κ3) is 2.97. The zero-order valence-corrected chi connectivity index (χ0v) is 10.8. The van der Waals surface area contributed by atoms with E-state index in [0.29, 0.717) is 5.02 Å². The van der Waals surface area contributed by atoms with E-state index in [0.717, 1.165) is 0 Å². The van der Waals surface area contributed by atoms with Gasteiger partial charge in [-0.2, -0.15) is 0 Å². The highest BCUT2D eigenvalue weighted by atomic mass is 35.5. The number of hydrogen-bond donors (Lipinski definition) is 0. The molecule has 16 heavy (non-hydrogen) atoms. The van der Waals surface area contributed by atoms with Crippen molar-refractivity contribution < 1.29 is 13.2 Å². The van der Waals surface area contributed by atoms with Gasteiger partial charge in [0.25, 0.3) is 0 Å². The molecule has 0 heterocycles. The highest BCUT2D eigenvalue weighted by Crippen LogP contribution is 2.17. The van der Waals surface area contributed by atoms with Gasteiger partial charge in [0.1, 0.15) is 0 Å². The summed E-state index contributed by atoms with van der Waals surface area (Å²) in [6.07, 6.45) is 0. The summed E-state index contributed by atoms with van der Waals surface area (Å²) in [5.41, 5.74) is 0.237. The number of carbonyl (C=O) groups excluding carboxylic acids is 1. The summed E-state index contributed by atoms with van der Waals surface area (Å²) >= 11 is 11.3. The van der Waals surface area contributed by atoms with Gasteiger partial charge in [-0.25, -0.2) is 8.42 Å². The van der Waals surface area contributed by atoms with Crippen LogP contribution in [-0.2, 0) is 9.84 Å². The van der Waals surface area contributed by atoms with Crippen LogP contribution >= 0.6 is 23.2 Å². The van der Waals surface area contributed by atoms with Crippen LogP contribution in [0.2, 0.25) is 5.02 Å². The molecule has 1 unspecified atom stereocenters. The fourth-order valence-corrected chi connectivity index (χ4v) is 2.44. The van der Waals surface area contributed by atoms with Crippen molar-refractivity contribution in [3.63, 3.8) is 0 Å². The molecule has 0 aromatic heterocycles. The summed E-state index contributed by atoms with van der Waals surface area (Å²) in [7, 11) is -3.57. The van der Waals surface area contributed by atoms with E-state index in [1.807, 2.05) is 0 Å². The first-order chi connectivity index (χ1) is 7.38. The first kappa shape index (κ1) is 13.5. The van der Waals surface area contributed by atoms with Gasteiger partial charge in [-0.05, 0) is 24.3 Å². The maximum absolute atomic E-state index is 11.7. The van der Waals surface area contributed by atoms with Gasteiger partial charge in [0.15, 0.2) is 20.3 Å². The van der Waals surface area contributed by atoms with Crippen molar-refractivity contribution in [3.05, 3.63) is 34.9 Å². The van der Waals surface area contributed by atoms with Gasteiger partial charge in [0.05, 0.1) is 0 Å². The Morgan fingerprint density at radius 1 is 1.31 bits per heavy atom. The molecule has 0 saturated carbocycles. The molecular formula is C10H10Cl2O3S. The Kier molecular flexibility index (Phi) is 4.35. The summed E-state index contributed by atoms with van der Waals surface area (Å²) in [4.78, 5) is 11.7. The molecule has 1 aromatic rings. The SMILES string of the molecule is CCS(=O)(=O)C(Cl)C(=O)c1ccc(Cl)cc1. The monoisotopic (exact) mass is 280 g/mol. The number of sulfone groups is 1. The van der Waals surface area contributed by atoms with E-state index in [1.165, 1.54) is 31.2 Å². The number of carbonyl (C=O) groups is 1. The Morgan fingerprint density at radius 2 is 1.81 bits per heavy atom. The Hall–Kier alpha value is -0.580. The molecule has 0 radical (unpaired) electrons. The van der Waals surface area contributed by atoms with Crippen LogP contribution in [0.15, 0.2) is 24.3 Å². The Morgan fingerprint density at radius 3 is 2.25 bits per heavy atom. The normalized spacial score (nSPS) is 13.4. The van der Waals surface area contributed by atoms with Crippen molar-refractivity contribution in [3.8, 4) is 0 Å². The van der Waals surface area contributed by atoms with E-state index < -0.39 is 20.3 Å². The van der Waals surface area contributed by atoms with Crippen molar-refractivity contribution in [2.45, 2.75) is 11.6 Å². The lowest BCUT2D eigenvalue weighted by Crippen LogP contribution is -2.26. The summed E-state index contributed by atoms with van der Waals surface area (Å²) in [5.74, 6) is -0.791. The van der Waals surface area contributed by atoms with Crippen molar-refractivity contribution in [1.82, 2.24) is 0 Å². The highest BCUT2D eigenvalue weighted by Gasteiger charge is 2.29. The number of hydrogen-bond acceptors (Lipinski definition) is 3. The van der Waals surface area contributed by atoms with Crippen LogP contribution in [0.3, 0.4) is 0 Å². The van der Waals surface area contributed by atoms with Gasteiger partial charge in [-0.15, -0.1) is 0 Å². The molecule has 0 saturated heterocycles. The molecule has 88 valence electrons. The van der Waals surface area contributed by atoms with Gasteiger partial charge < -0.3 is 0 Å². The third-order valence-electron chi connectivity index (χ3n) is 2.05. The van der Waals surface area contributed by atoms with E-state index in [9.17, 15) is 13.2 Å². The second-order valence-electron chi connectivity index (χ2n) is 3.14. The van der Waals surface area contributed by atoms with Crippen molar-refractivity contribution in [1.29, 1.82) is 0 Å². The van der Waals surface area contributed by atoms with Crippen molar-refractivity contribution >= 4 is 38.8 Å². The van der Waals surface area contributed by atoms with Crippen LogP contribution < -0.4 is 0 Å². The van der Waals surface area contributed by atoms with Crippen LogP contribution in [0, 0.1) is 0 Å². The molecule has 0 aliphatic rings. The fourth-order valence-electron chi connectivity index (χ4n) is 1.05. The second-order valence-corrected chi connectivity index (χ2v) is 6.64. The molecule has 1 rings (SSSR count). The number of rotatable bonds is 4. The van der Waals surface area contributed by atoms with Crippen LogP contribution in [0.5, 0.6) is 0 Å². The number of Topliss-reactive ketones (excluding diaryl/α,β-unsaturated/α-hetero) is 1. The molecule has 0 aliphatic heterocycles. The quantitative estimate of drug-likeness (QED) is 0.629. The molecule has 0 fully saturated rings. The molecule has 6 heteroatoms. The van der Waals surface area contributed by atoms with Gasteiger partial charge >= 0.3 is 0 Å². The van der Waals surface area contributed by atoms with Crippen LogP contribution in [0.4, 0.5) is 0 Å². The number of ketones is 1. The Balaban J connectivity index is 2.99. The van der Waals surface area contributed by atoms with Gasteiger partial charge in [0, 0.05) is 16.3 Å². The molecule has 1 atom stereocenters. The second kappa shape index (κ2) is 5.17. The standard InChI is InChI=1S/C10H10Cl2O3S/c1-2-16(14,15)10(12)9(13)7-3-5-8(11)6-4-7/h3-6,10H,2H2,1H3. The predicted octanol–water partition coefficient (Wildman–Crippen LogP) is 2.52. The van der Waals surface area contributed by atoms with Crippen LogP contribution in [0.1, 0.15) is 17.3 Å². The molecule has 0 bridgehead atoms. The minimum Gasteiger partial charge on any atom is -0.291 e. The minimum absolute atomic E-state index is 0.166. The smallest absolute Gasteiger partial charge is 0.197 e. The fraction of sp³-hybridized carbons (Fsp3) is 0.300. The van der Waals surface area contributed by atoms with E-state index in [-0.39, 0.29) is 11.3 Å².